The Kier molecular flexibility index (Phi) is 7.09. The molecule has 0 amide bonds. The fourth-order valence-electron chi connectivity index (χ4n) is 2.27. The molecule has 144 valence electrons. The van der Waals surface area contributed by atoms with E-state index in [1.807, 2.05) is 6.07 Å². The van der Waals surface area contributed by atoms with Gasteiger partial charge in [-0.3, -0.25) is 0 Å². The summed E-state index contributed by atoms with van der Waals surface area (Å²) in [6.45, 7) is 0.0705. The standard InChI is InChI=1S/C17H22ClF2N3O2S/c1-26(2,3)5-4-24-11-23-14-7-15(25-10-16(19)20)12(9-21)6-13(14)22-17(23)8-18/h6-7,16H,4-5,8,10-11H2,1-3H3. The zero-order chi connectivity index (χ0) is 19.3. The van der Waals surface area contributed by atoms with Crippen molar-refractivity contribution in [3.05, 3.63) is 23.5 Å². The minimum absolute atomic E-state index is 0.0988. The SMILES string of the molecule is CS(C)(C)CCOCn1c(CCl)nc2cc(C#N)c(OCC(F)F)cc21. The normalized spacial score (nSPS) is 12.5. The van der Waals surface area contributed by atoms with Crippen molar-refractivity contribution in [2.24, 2.45) is 0 Å². The van der Waals surface area contributed by atoms with Crippen LogP contribution in [-0.2, 0) is 17.3 Å². The van der Waals surface area contributed by atoms with Gasteiger partial charge in [0.1, 0.15) is 31.0 Å². The van der Waals surface area contributed by atoms with Gasteiger partial charge in [-0.2, -0.15) is 5.26 Å². The Morgan fingerprint density at radius 2 is 2.08 bits per heavy atom. The van der Waals surface area contributed by atoms with Gasteiger partial charge in [0.25, 0.3) is 6.43 Å². The number of imidazole rings is 1. The summed E-state index contributed by atoms with van der Waals surface area (Å²) in [5, 5.41) is 9.23. The van der Waals surface area contributed by atoms with Crippen LogP contribution in [0, 0.1) is 11.3 Å². The quantitative estimate of drug-likeness (QED) is 0.468. The van der Waals surface area contributed by atoms with Crippen LogP contribution in [0.15, 0.2) is 12.1 Å². The van der Waals surface area contributed by atoms with Crippen LogP contribution in [0.3, 0.4) is 0 Å². The lowest BCUT2D eigenvalue weighted by Crippen LogP contribution is -2.11. The number of hydrogen-bond donors (Lipinski definition) is 0. The summed E-state index contributed by atoms with van der Waals surface area (Å²) >= 11 is 5.97. The van der Waals surface area contributed by atoms with Crippen molar-refractivity contribution in [3.8, 4) is 11.8 Å². The summed E-state index contributed by atoms with van der Waals surface area (Å²) in [5.74, 6) is 1.82. The number of ether oxygens (including phenoxy) is 2. The van der Waals surface area contributed by atoms with Crippen LogP contribution in [0.2, 0.25) is 0 Å². The van der Waals surface area contributed by atoms with Crippen LogP contribution in [0.4, 0.5) is 8.78 Å². The van der Waals surface area contributed by atoms with Crippen LogP contribution in [-0.4, -0.2) is 53.7 Å². The average molecular weight is 406 g/mol. The molecule has 26 heavy (non-hydrogen) atoms. The topological polar surface area (TPSA) is 60.1 Å². The first-order chi connectivity index (χ1) is 12.2. The molecule has 1 aromatic heterocycles. The first kappa shape index (κ1) is 20.7. The molecule has 0 saturated heterocycles. The number of nitriles is 1. The lowest BCUT2D eigenvalue weighted by atomic mass is 10.2. The van der Waals surface area contributed by atoms with Crippen LogP contribution in [0.25, 0.3) is 11.0 Å². The molecule has 0 aliphatic carbocycles. The van der Waals surface area contributed by atoms with Crippen molar-refractivity contribution in [2.45, 2.75) is 19.0 Å². The highest BCUT2D eigenvalue weighted by Gasteiger charge is 2.16. The zero-order valence-corrected chi connectivity index (χ0v) is 16.5. The lowest BCUT2D eigenvalue weighted by molar-refractivity contribution is 0.0816. The number of fused-ring (bicyclic) bond motifs is 1. The van der Waals surface area contributed by atoms with Crippen LogP contribution < -0.4 is 4.74 Å². The van der Waals surface area contributed by atoms with Gasteiger partial charge in [-0.25, -0.2) is 23.8 Å². The number of halogens is 3. The predicted octanol–water partition coefficient (Wildman–Crippen LogP) is 3.96. The van der Waals surface area contributed by atoms with Gasteiger partial charge in [-0.05, 0) is 24.8 Å². The molecule has 0 aliphatic rings. The molecule has 0 N–H and O–H groups in total. The molecule has 0 atom stereocenters. The Morgan fingerprint density at radius 1 is 1.35 bits per heavy atom. The van der Waals surface area contributed by atoms with Crippen molar-refractivity contribution >= 4 is 32.7 Å². The molecule has 1 aromatic carbocycles. The van der Waals surface area contributed by atoms with E-state index in [9.17, 15) is 14.0 Å². The van der Waals surface area contributed by atoms with Crippen molar-refractivity contribution in [2.75, 3.05) is 37.7 Å². The second kappa shape index (κ2) is 8.89. The minimum Gasteiger partial charge on any atom is -0.486 e. The number of benzene rings is 1. The zero-order valence-electron chi connectivity index (χ0n) is 15.0. The van der Waals surface area contributed by atoms with Gasteiger partial charge < -0.3 is 14.0 Å². The first-order valence-electron chi connectivity index (χ1n) is 7.89. The van der Waals surface area contributed by atoms with E-state index in [4.69, 9.17) is 21.1 Å². The maximum atomic E-state index is 12.4. The molecule has 0 unspecified atom stereocenters. The number of rotatable bonds is 9. The van der Waals surface area contributed by atoms with Crippen molar-refractivity contribution < 1.29 is 18.3 Å². The molecular formula is C17H22ClF2N3O2S. The van der Waals surface area contributed by atoms with Crippen LogP contribution >= 0.6 is 21.6 Å². The summed E-state index contributed by atoms with van der Waals surface area (Å²) in [4.78, 5) is 4.41. The highest BCUT2D eigenvalue weighted by molar-refractivity contribution is 8.32. The van der Waals surface area contributed by atoms with Gasteiger partial charge >= 0.3 is 0 Å². The summed E-state index contributed by atoms with van der Waals surface area (Å²) in [7, 11) is -0.658. The second-order valence-electron chi connectivity index (χ2n) is 6.57. The molecule has 0 spiro atoms. The molecule has 9 heteroatoms. The van der Waals surface area contributed by atoms with Gasteiger partial charge in [0.05, 0.1) is 29.1 Å². The molecule has 0 bridgehead atoms. The third-order valence-corrected chi connectivity index (χ3v) is 5.22. The van der Waals surface area contributed by atoms with E-state index >= 15 is 0 Å². The first-order valence-corrected chi connectivity index (χ1v) is 11.4. The van der Waals surface area contributed by atoms with E-state index in [1.165, 1.54) is 12.1 Å². The maximum Gasteiger partial charge on any atom is 0.272 e. The molecule has 5 nitrogen and oxygen atoms in total. The second-order valence-corrected chi connectivity index (χ2v) is 11.4. The molecule has 1 heterocycles. The van der Waals surface area contributed by atoms with E-state index in [-0.39, 0.29) is 23.9 Å². The highest BCUT2D eigenvalue weighted by atomic mass is 35.5. The van der Waals surface area contributed by atoms with Crippen LogP contribution in [0.1, 0.15) is 11.4 Å². The van der Waals surface area contributed by atoms with Gasteiger partial charge in [-0.1, -0.05) is 0 Å². The number of hydrogen-bond acceptors (Lipinski definition) is 4. The summed E-state index contributed by atoms with van der Waals surface area (Å²) < 4.78 is 37.5. The lowest BCUT2D eigenvalue weighted by Gasteiger charge is -2.24. The molecule has 0 radical (unpaired) electrons. The summed E-state index contributed by atoms with van der Waals surface area (Å²) in [5.41, 5.74) is 1.33. The monoisotopic (exact) mass is 405 g/mol. The summed E-state index contributed by atoms with van der Waals surface area (Å²) in [6, 6.07) is 5.00. The average Bonchev–Trinajstić information content (AvgIpc) is 2.91. The van der Waals surface area contributed by atoms with Crippen molar-refractivity contribution in [1.29, 1.82) is 5.26 Å². The van der Waals surface area contributed by atoms with E-state index in [2.05, 4.69) is 23.8 Å². The molecule has 0 saturated carbocycles. The van der Waals surface area contributed by atoms with Crippen molar-refractivity contribution in [3.63, 3.8) is 0 Å². The fourth-order valence-corrected chi connectivity index (χ4v) is 3.09. The van der Waals surface area contributed by atoms with E-state index < -0.39 is 23.1 Å². The van der Waals surface area contributed by atoms with E-state index in [0.29, 0.717) is 23.5 Å². The molecular weight excluding hydrogens is 384 g/mol. The largest absolute Gasteiger partial charge is 0.486 e. The van der Waals surface area contributed by atoms with Crippen molar-refractivity contribution in [1.82, 2.24) is 9.55 Å². The Balaban J connectivity index is 2.29. The molecule has 2 rings (SSSR count). The minimum atomic E-state index is -2.62. The summed E-state index contributed by atoms with van der Waals surface area (Å²) in [6.07, 6.45) is 4.01. The number of nitrogens with zero attached hydrogens (tertiary/aromatic N) is 3. The van der Waals surface area contributed by atoms with E-state index in [1.54, 1.807) is 4.57 Å². The Bertz CT molecular complexity index is 800. The molecule has 0 aliphatic heterocycles. The van der Waals surface area contributed by atoms with Gasteiger partial charge in [0, 0.05) is 11.8 Å². The predicted molar refractivity (Wildman–Crippen MR) is 102 cm³/mol. The maximum absolute atomic E-state index is 12.4. The molecule has 2 aromatic rings. The Labute approximate surface area is 158 Å². The van der Waals surface area contributed by atoms with E-state index in [0.717, 1.165) is 5.75 Å². The van der Waals surface area contributed by atoms with Crippen LogP contribution in [0.5, 0.6) is 5.75 Å². The Morgan fingerprint density at radius 3 is 2.65 bits per heavy atom. The third-order valence-electron chi connectivity index (χ3n) is 3.59. The van der Waals surface area contributed by atoms with Gasteiger partial charge in [-0.15, -0.1) is 11.6 Å². The van der Waals surface area contributed by atoms with Gasteiger partial charge in [0.2, 0.25) is 0 Å². The fraction of sp³-hybridized carbons (Fsp3) is 0.529. The molecule has 0 fully saturated rings. The highest BCUT2D eigenvalue weighted by Crippen LogP contribution is 2.33. The van der Waals surface area contributed by atoms with Gasteiger partial charge in [0.15, 0.2) is 0 Å². The number of alkyl halides is 3. The smallest absolute Gasteiger partial charge is 0.272 e. The number of aromatic nitrogens is 2. The third kappa shape index (κ3) is 5.47. The Hall–Kier alpha value is -1.56.